The molecule has 19 heteroatoms. The SMILES string of the molecule is COc1ccc(CN2CC/C(=C\C3=C(C(=O)OC(=O)C(F)(F)F)N4C(=O)[C@@H](NC(=O)/C(=N\O)c5csc(N)n5)[C@H]4SC3)C2=O)cc1. The highest BCUT2D eigenvalue weighted by Gasteiger charge is 2.55. The number of hydrogen-bond donors (Lipinski definition) is 3. The molecule has 0 aliphatic carbocycles. The van der Waals surface area contributed by atoms with E-state index in [0.29, 0.717) is 12.3 Å². The molecule has 4 heterocycles. The van der Waals surface area contributed by atoms with Crippen LogP contribution in [0.2, 0.25) is 0 Å². The van der Waals surface area contributed by atoms with E-state index in [4.69, 9.17) is 10.5 Å². The van der Waals surface area contributed by atoms with E-state index in [1.807, 2.05) is 0 Å². The van der Waals surface area contributed by atoms with Gasteiger partial charge in [-0.1, -0.05) is 17.3 Å². The predicted molar refractivity (Wildman–Crippen MR) is 155 cm³/mol. The Hall–Kier alpha value is -4.91. The van der Waals surface area contributed by atoms with Gasteiger partial charge in [0.15, 0.2) is 10.8 Å². The van der Waals surface area contributed by atoms with Gasteiger partial charge in [-0.2, -0.15) is 13.2 Å². The Kier molecular flexibility index (Phi) is 9.06. The number of hydrogen-bond acceptors (Lipinski definition) is 13. The first-order chi connectivity index (χ1) is 21.8. The number of thiazole rings is 1. The number of fused-ring (bicyclic) bond motifs is 1. The fourth-order valence-corrected chi connectivity index (χ4v) is 6.72. The second kappa shape index (κ2) is 12.8. The number of carbonyl (C=O) groups excluding carboxylic acids is 5. The summed E-state index contributed by atoms with van der Waals surface area (Å²) in [6, 6.07) is 5.73. The number of rotatable bonds is 8. The Labute approximate surface area is 265 Å². The summed E-state index contributed by atoms with van der Waals surface area (Å²) in [5.41, 5.74) is 5.26. The lowest BCUT2D eigenvalue weighted by Gasteiger charge is -2.49. The van der Waals surface area contributed by atoms with Crippen molar-refractivity contribution in [2.75, 3.05) is 25.1 Å². The number of nitrogens with zero attached hydrogens (tertiary/aromatic N) is 4. The Bertz CT molecular complexity index is 1710. The van der Waals surface area contributed by atoms with Crippen LogP contribution in [0.1, 0.15) is 17.7 Å². The maximum Gasteiger partial charge on any atom is 0.491 e. The second-order valence-electron chi connectivity index (χ2n) is 9.92. The van der Waals surface area contributed by atoms with Gasteiger partial charge in [0, 0.05) is 29.8 Å². The number of allylic oxidation sites excluding steroid dienone is 1. The molecule has 2 saturated heterocycles. The minimum absolute atomic E-state index is 0.0236. The standard InChI is InChI=1S/C27H23F3N6O8S2/c1-43-15-4-2-12(3-5-15)9-35-7-6-13(21(35)38)8-14-10-45-23-18(33-20(37)17(34-42)16-11-46-26(31)32-16)22(39)36(23)19(14)24(40)44-25(41)27(28,29)30/h2-5,8,11,18,23,42H,6-7,9-10H2,1H3,(H2,31,32)(H,33,37)/b13-8+,34-17-/t18-,23-/m1/s1. The van der Waals surface area contributed by atoms with Crippen molar-refractivity contribution in [2.45, 2.75) is 30.6 Å². The van der Waals surface area contributed by atoms with Gasteiger partial charge in [-0.15, -0.1) is 23.1 Å². The molecule has 0 bridgehead atoms. The number of likely N-dealkylation sites (tertiary alicyclic amines) is 1. The quantitative estimate of drug-likeness (QED) is 0.0697. The summed E-state index contributed by atoms with van der Waals surface area (Å²) in [5, 5.41) is 15.0. The van der Waals surface area contributed by atoms with Crippen molar-refractivity contribution in [3.05, 3.63) is 63.8 Å². The molecule has 3 aliphatic heterocycles. The number of anilines is 1. The van der Waals surface area contributed by atoms with Crippen molar-refractivity contribution in [2.24, 2.45) is 5.16 Å². The zero-order chi connectivity index (χ0) is 33.3. The third kappa shape index (κ3) is 6.41. The van der Waals surface area contributed by atoms with Crippen LogP contribution >= 0.6 is 23.1 Å². The first-order valence-corrected chi connectivity index (χ1v) is 15.1. The summed E-state index contributed by atoms with van der Waals surface area (Å²) >= 11 is 1.99. The summed E-state index contributed by atoms with van der Waals surface area (Å²) in [6.07, 6.45) is -3.97. The van der Waals surface area contributed by atoms with Gasteiger partial charge >= 0.3 is 18.1 Å². The second-order valence-corrected chi connectivity index (χ2v) is 11.9. The summed E-state index contributed by atoms with van der Waals surface area (Å²) in [5.74, 6) is -6.37. The largest absolute Gasteiger partial charge is 0.497 e. The highest BCUT2D eigenvalue weighted by Crippen LogP contribution is 2.42. The van der Waals surface area contributed by atoms with Crippen molar-refractivity contribution < 1.29 is 51.8 Å². The van der Waals surface area contributed by atoms with Gasteiger partial charge in [-0.25, -0.2) is 14.6 Å². The summed E-state index contributed by atoms with van der Waals surface area (Å²) in [7, 11) is 1.52. The van der Waals surface area contributed by atoms with Crippen LogP contribution in [0.25, 0.3) is 0 Å². The van der Waals surface area contributed by atoms with Crippen LogP contribution in [0, 0.1) is 0 Å². The number of carbonyl (C=O) groups is 5. The summed E-state index contributed by atoms with van der Waals surface area (Å²) in [4.78, 5) is 70.0. The maximum absolute atomic E-state index is 13.2. The van der Waals surface area contributed by atoms with Crippen molar-refractivity contribution in [3.8, 4) is 5.75 Å². The average Bonchev–Trinajstić information content (AvgIpc) is 3.60. The number of halogens is 3. The first-order valence-electron chi connectivity index (χ1n) is 13.2. The molecule has 242 valence electrons. The molecule has 1 aromatic heterocycles. The molecule has 2 atom stereocenters. The zero-order valence-corrected chi connectivity index (χ0v) is 25.2. The number of oxime groups is 1. The van der Waals surface area contributed by atoms with E-state index in [-0.39, 0.29) is 40.7 Å². The summed E-state index contributed by atoms with van der Waals surface area (Å²) < 4.78 is 48.1. The van der Waals surface area contributed by atoms with E-state index >= 15 is 0 Å². The Balaban J connectivity index is 1.39. The predicted octanol–water partition coefficient (Wildman–Crippen LogP) is 1.56. The lowest BCUT2D eigenvalue weighted by molar-refractivity contribution is -0.201. The lowest BCUT2D eigenvalue weighted by atomic mass is 10.0. The van der Waals surface area contributed by atoms with Crippen molar-refractivity contribution in [1.29, 1.82) is 0 Å². The van der Waals surface area contributed by atoms with E-state index in [1.165, 1.54) is 23.5 Å². The number of nitrogens with two attached hydrogens (primary N) is 1. The topological polar surface area (TPSA) is 194 Å². The fraction of sp³-hybridized carbons (Fsp3) is 0.296. The molecule has 46 heavy (non-hydrogen) atoms. The molecular formula is C27H23F3N6O8S2. The minimum atomic E-state index is -5.50. The molecule has 0 radical (unpaired) electrons. The van der Waals surface area contributed by atoms with E-state index in [1.54, 1.807) is 24.3 Å². The maximum atomic E-state index is 13.2. The number of methoxy groups -OCH3 is 1. The number of β-lactam (4-membered cyclic amide) rings is 1. The molecular weight excluding hydrogens is 657 g/mol. The smallest absolute Gasteiger partial charge is 0.491 e. The van der Waals surface area contributed by atoms with Gasteiger partial charge in [0.1, 0.15) is 28.6 Å². The molecule has 5 rings (SSSR count). The molecule has 2 aromatic rings. The van der Waals surface area contributed by atoms with Crippen LogP contribution in [-0.4, -0.2) is 92.4 Å². The van der Waals surface area contributed by atoms with Crippen LogP contribution < -0.4 is 15.8 Å². The van der Waals surface area contributed by atoms with Crippen molar-refractivity contribution in [3.63, 3.8) is 0 Å². The normalized spacial score (nSPS) is 20.9. The van der Waals surface area contributed by atoms with Crippen molar-refractivity contribution in [1.82, 2.24) is 20.1 Å². The monoisotopic (exact) mass is 680 g/mol. The number of nitrogen functional groups attached to an aromatic ring is 1. The molecule has 14 nitrogen and oxygen atoms in total. The van der Waals surface area contributed by atoms with Gasteiger partial charge in [0.05, 0.1) is 7.11 Å². The Morgan fingerprint density at radius 3 is 2.57 bits per heavy atom. The highest BCUT2D eigenvalue weighted by molar-refractivity contribution is 8.00. The molecule has 3 aliphatic rings. The van der Waals surface area contributed by atoms with Crippen LogP contribution in [0.15, 0.2) is 57.7 Å². The number of nitrogens with one attached hydrogen (secondary N) is 1. The van der Waals surface area contributed by atoms with Gasteiger partial charge in [0.25, 0.3) is 11.8 Å². The van der Waals surface area contributed by atoms with Crippen LogP contribution in [0.4, 0.5) is 18.3 Å². The van der Waals surface area contributed by atoms with E-state index in [0.717, 1.165) is 33.6 Å². The van der Waals surface area contributed by atoms with Crippen LogP contribution in [0.5, 0.6) is 5.75 Å². The zero-order valence-electron chi connectivity index (χ0n) is 23.6. The Morgan fingerprint density at radius 2 is 1.96 bits per heavy atom. The third-order valence-electron chi connectivity index (χ3n) is 7.07. The molecule has 3 amide bonds. The molecule has 4 N–H and O–H groups in total. The number of thioether (sulfide) groups is 1. The molecule has 0 saturated carbocycles. The molecule has 0 unspecified atom stereocenters. The van der Waals surface area contributed by atoms with E-state index < -0.39 is 58.7 Å². The number of alkyl halides is 3. The average molecular weight is 681 g/mol. The molecule has 1 aromatic carbocycles. The number of benzene rings is 1. The van der Waals surface area contributed by atoms with E-state index in [2.05, 4.69) is 20.2 Å². The fourth-order valence-electron chi connectivity index (χ4n) is 4.87. The molecule has 2 fully saturated rings. The van der Waals surface area contributed by atoms with Gasteiger partial charge in [-0.3, -0.25) is 19.3 Å². The van der Waals surface area contributed by atoms with Crippen molar-refractivity contribution >= 4 is 63.6 Å². The number of amides is 3. The van der Waals surface area contributed by atoms with Gasteiger partial charge in [-0.05, 0) is 35.8 Å². The van der Waals surface area contributed by atoms with Gasteiger partial charge in [0.2, 0.25) is 5.91 Å². The highest BCUT2D eigenvalue weighted by atomic mass is 32.2. The summed E-state index contributed by atoms with van der Waals surface area (Å²) in [6.45, 7) is 0.561. The Morgan fingerprint density at radius 1 is 1.24 bits per heavy atom. The van der Waals surface area contributed by atoms with Crippen LogP contribution in [-0.2, 0) is 35.3 Å². The number of aromatic nitrogens is 1. The first kappa shape index (κ1) is 32.5. The number of ether oxygens (including phenoxy) is 2. The van der Waals surface area contributed by atoms with Gasteiger partial charge < -0.3 is 30.6 Å². The third-order valence-corrected chi connectivity index (χ3v) is 9.04. The minimum Gasteiger partial charge on any atom is -0.497 e. The molecule has 0 spiro atoms. The number of esters is 2. The lowest BCUT2D eigenvalue weighted by Crippen LogP contribution is -2.71. The van der Waals surface area contributed by atoms with E-state index in [9.17, 15) is 42.4 Å². The van der Waals surface area contributed by atoms with Crippen LogP contribution in [0.3, 0.4) is 0 Å².